The zero-order valence-electron chi connectivity index (χ0n) is 12.5. The molecule has 0 spiro atoms. The van der Waals surface area contributed by atoms with E-state index >= 15 is 0 Å². The van der Waals surface area contributed by atoms with E-state index in [0.717, 1.165) is 12.8 Å². The first kappa shape index (κ1) is 15.1. The van der Waals surface area contributed by atoms with Crippen LogP contribution in [-0.2, 0) is 0 Å². The number of amides is 2. The Labute approximate surface area is 131 Å². The SMILES string of the molecule is NC(=O)N1CCC(CNc2nc(=O)n(O)c3ncccc23)CC1. The molecule has 1 saturated heterocycles. The van der Waals surface area contributed by atoms with E-state index in [9.17, 15) is 14.8 Å². The highest BCUT2D eigenvalue weighted by molar-refractivity contribution is 5.86. The van der Waals surface area contributed by atoms with Gasteiger partial charge in [0.05, 0.1) is 5.39 Å². The third kappa shape index (κ3) is 3.03. The summed E-state index contributed by atoms with van der Waals surface area (Å²) in [5.41, 5.74) is 4.65. The molecule has 0 aromatic carbocycles. The second kappa shape index (κ2) is 6.11. The van der Waals surface area contributed by atoms with E-state index in [-0.39, 0.29) is 11.7 Å². The van der Waals surface area contributed by atoms with Crippen molar-refractivity contribution in [2.24, 2.45) is 11.7 Å². The average molecular weight is 318 g/mol. The maximum atomic E-state index is 11.7. The first-order valence-electron chi connectivity index (χ1n) is 7.41. The van der Waals surface area contributed by atoms with E-state index in [1.165, 1.54) is 6.20 Å². The van der Waals surface area contributed by atoms with Crippen molar-refractivity contribution in [3.63, 3.8) is 0 Å². The van der Waals surface area contributed by atoms with Crippen molar-refractivity contribution in [3.05, 3.63) is 28.8 Å². The summed E-state index contributed by atoms with van der Waals surface area (Å²) in [6.07, 6.45) is 3.17. The first-order valence-corrected chi connectivity index (χ1v) is 7.41. The second-order valence-electron chi connectivity index (χ2n) is 5.58. The van der Waals surface area contributed by atoms with Crippen molar-refractivity contribution in [1.29, 1.82) is 0 Å². The summed E-state index contributed by atoms with van der Waals surface area (Å²) in [5.74, 6) is 0.761. The van der Waals surface area contributed by atoms with Crippen LogP contribution in [0, 0.1) is 5.92 Å². The molecule has 3 heterocycles. The lowest BCUT2D eigenvalue weighted by atomic mass is 9.97. The number of urea groups is 1. The molecule has 1 fully saturated rings. The van der Waals surface area contributed by atoms with E-state index in [1.54, 1.807) is 17.0 Å². The molecule has 2 aromatic heterocycles. The Kier molecular flexibility index (Phi) is 4.00. The van der Waals surface area contributed by atoms with E-state index < -0.39 is 5.69 Å². The van der Waals surface area contributed by atoms with Gasteiger partial charge in [0.1, 0.15) is 5.82 Å². The van der Waals surface area contributed by atoms with Gasteiger partial charge in [-0.1, -0.05) is 0 Å². The number of piperidine rings is 1. The van der Waals surface area contributed by atoms with E-state index in [4.69, 9.17) is 5.73 Å². The fraction of sp³-hybridized carbons (Fsp3) is 0.429. The Balaban J connectivity index is 1.72. The van der Waals surface area contributed by atoms with Crippen molar-refractivity contribution in [3.8, 4) is 0 Å². The van der Waals surface area contributed by atoms with Crippen LogP contribution in [0.1, 0.15) is 12.8 Å². The molecule has 1 aliphatic heterocycles. The Bertz CT molecular complexity index is 782. The van der Waals surface area contributed by atoms with Gasteiger partial charge < -0.3 is 21.2 Å². The molecular weight excluding hydrogens is 300 g/mol. The maximum Gasteiger partial charge on any atom is 0.384 e. The number of nitrogens with one attached hydrogen (secondary N) is 1. The fourth-order valence-corrected chi connectivity index (χ4v) is 2.78. The molecular formula is C14H18N6O3. The number of aromatic nitrogens is 3. The van der Waals surface area contributed by atoms with Crippen molar-refractivity contribution < 1.29 is 10.0 Å². The monoisotopic (exact) mass is 318 g/mol. The molecule has 2 aromatic rings. The summed E-state index contributed by atoms with van der Waals surface area (Å²) in [4.78, 5) is 32.3. The topological polar surface area (TPSA) is 126 Å². The summed E-state index contributed by atoms with van der Waals surface area (Å²) in [7, 11) is 0. The Morgan fingerprint density at radius 1 is 1.43 bits per heavy atom. The molecule has 0 bridgehead atoms. The van der Waals surface area contributed by atoms with Crippen LogP contribution in [-0.4, -0.2) is 50.5 Å². The van der Waals surface area contributed by atoms with E-state index in [2.05, 4.69) is 15.3 Å². The van der Waals surface area contributed by atoms with Gasteiger partial charge in [0.2, 0.25) is 0 Å². The predicted octanol–water partition coefficient (Wildman–Crippen LogP) is 0.231. The standard InChI is InChI=1S/C14H18N6O3/c15-13(21)19-6-3-9(4-7-19)8-17-11-10-2-1-5-16-12(10)20(23)14(22)18-11/h1-2,5,9,23H,3-4,6-8H2,(H2,15,21)(H,17,18,22). The Morgan fingerprint density at radius 3 is 2.87 bits per heavy atom. The molecule has 2 amide bonds. The zero-order chi connectivity index (χ0) is 16.4. The summed E-state index contributed by atoms with van der Waals surface area (Å²) in [5, 5.41) is 13.4. The zero-order valence-corrected chi connectivity index (χ0v) is 12.5. The number of likely N-dealkylation sites (tertiary alicyclic amines) is 1. The van der Waals surface area contributed by atoms with Crippen LogP contribution in [0.3, 0.4) is 0 Å². The van der Waals surface area contributed by atoms with Gasteiger partial charge in [-0.3, -0.25) is 0 Å². The van der Waals surface area contributed by atoms with Crippen molar-refractivity contribution in [2.75, 3.05) is 25.0 Å². The normalized spacial score (nSPS) is 15.7. The molecule has 4 N–H and O–H groups in total. The molecule has 0 radical (unpaired) electrons. The highest BCUT2D eigenvalue weighted by Gasteiger charge is 2.21. The van der Waals surface area contributed by atoms with Gasteiger partial charge in [0.15, 0.2) is 5.65 Å². The van der Waals surface area contributed by atoms with E-state index in [0.29, 0.717) is 41.5 Å². The predicted molar refractivity (Wildman–Crippen MR) is 83.4 cm³/mol. The molecule has 9 nitrogen and oxygen atoms in total. The average Bonchev–Trinajstić information content (AvgIpc) is 2.57. The number of nitrogens with zero attached hydrogens (tertiary/aromatic N) is 4. The number of anilines is 1. The van der Waals surface area contributed by atoms with Gasteiger partial charge in [-0.2, -0.15) is 4.98 Å². The summed E-state index contributed by atoms with van der Waals surface area (Å²) in [6, 6.07) is 3.06. The third-order valence-electron chi connectivity index (χ3n) is 4.12. The number of fused-ring (bicyclic) bond motifs is 1. The molecule has 0 saturated carbocycles. The van der Waals surface area contributed by atoms with Crippen LogP contribution in [0.5, 0.6) is 0 Å². The maximum absolute atomic E-state index is 11.7. The fourth-order valence-electron chi connectivity index (χ4n) is 2.78. The minimum Gasteiger partial charge on any atom is -0.422 e. The summed E-state index contributed by atoms with van der Waals surface area (Å²) >= 11 is 0. The molecule has 9 heteroatoms. The number of carbonyl (C=O) groups is 1. The Morgan fingerprint density at radius 2 is 2.17 bits per heavy atom. The number of rotatable bonds is 3. The largest absolute Gasteiger partial charge is 0.422 e. The van der Waals surface area contributed by atoms with Crippen LogP contribution < -0.4 is 16.7 Å². The minimum absolute atomic E-state index is 0.165. The lowest BCUT2D eigenvalue weighted by Crippen LogP contribution is -2.42. The number of primary amides is 1. The summed E-state index contributed by atoms with van der Waals surface area (Å²) < 4.78 is 0.436. The van der Waals surface area contributed by atoms with Crippen molar-refractivity contribution in [2.45, 2.75) is 12.8 Å². The number of nitrogens with two attached hydrogens (primary N) is 1. The third-order valence-corrected chi connectivity index (χ3v) is 4.12. The Hall–Kier alpha value is -2.84. The summed E-state index contributed by atoms with van der Waals surface area (Å²) in [6.45, 7) is 1.89. The molecule has 122 valence electrons. The van der Waals surface area contributed by atoms with Gasteiger partial charge in [-0.05, 0) is 30.9 Å². The van der Waals surface area contributed by atoms with E-state index in [1.807, 2.05) is 0 Å². The minimum atomic E-state index is -0.776. The van der Waals surface area contributed by atoms with Crippen molar-refractivity contribution in [1.82, 2.24) is 19.6 Å². The van der Waals surface area contributed by atoms with Gasteiger partial charge in [0, 0.05) is 25.8 Å². The number of hydrogen-bond donors (Lipinski definition) is 3. The van der Waals surface area contributed by atoms with Crippen LogP contribution in [0.15, 0.2) is 23.1 Å². The van der Waals surface area contributed by atoms with Crippen LogP contribution in [0.4, 0.5) is 10.6 Å². The lowest BCUT2D eigenvalue weighted by Gasteiger charge is -2.30. The van der Waals surface area contributed by atoms with Crippen molar-refractivity contribution >= 4 is 22.9 Å². The quantitative estimate of drug-likeness (QED) is 0.695. The number of hydrogen-bond acceptors (Lipinski definition) is 6. The van der Waals surface area contributed by atoms with Gasteiger partial charge >= 0.3 is 11.7 Å². The highest BCUT2D eigenvalue weighted by Crippen LogP contribution is 2.20. The molecule has 0 aliphatic carbocycles. The first-order chi connectivity index (χ1) is 11.1. The highest BCUT2D eigenvalue weighted by atomic mass is 16.5. The molecule has 0 unspecified atom stereocenters. The molecule has 0 atom stereocenters. The van der Waals surface area contributed by atoms with Gasteiger partial charge in [0.25, 0.3) is 0 Å². The smallest absolute Gasteiger partial charge is 0.384 e. The number of pyridine rings is 1. The van der Waals surface area contributed by atoms with Crippen LogP contribution >= 0.6 is 0 Å². The van der Waals surface area contributed by atoms with Crippen LogP contribution in [0.25, 0.3) is 11.0 Å². The van der Waals surface area contributed by atoms with Crippen LogP contribution in [0.2, 0.25) is 0 Å². The molecule has 23 heavy (non-hydrogen) atoms. The molecule has 3 rings (SSSR count). The van der Waals surface area contributed by atoms with Gasteiger partial charge in [-0.15, -0.1) is 4.73 Å². The number of carbonyl (C=O) groups excluding carboxylic acids is 1. The molecule has 1 aliphatic rings. The lowest BCUT2D eigenvalue weighted by molar-refractivity contribution is 0.181. The second-order valence-corrected chi connectivity index (χ2v) is 5.58. The van der Waals surface area contributed by atoms with Gasteiger partial charge in [-0.25, -0.2) is 14.6 Å².